The average Bonchev–Trinajstić information content (AvgIpc) is 2.29. The van der Waals surface area contributed by atoms with Crippen LogP contribution in [-0.4, -0.2) is 41.4 Å². The van der Waals surface area contributed by atoms with E-state index in [1.165, 1.54) is 4.90 Å². The third-order valence-corrected chi connectivity index (χ3v) is 2.41. The van der Waals surface area contributed by atoms with Crippen molar-refractivity contribution in [3.05, 3.63) is 0 Å². The smallest absolute Gasteiger partial charge is 0.407 e. The molecule has 2 heterocycles. The number of likely N-dealkylation sites (tertiary alicyclic amines) is 1. The van der Waals surface area contributed by atoms with Crippen LogP contribution >= 0.6 is 0 Å². The van der Waals surface area contributed by atoms with Crippen LogP contribution in [0.2, 0.25) is 0 Å². The van der Waals surface area contributed by atoms with E-state index in [2.05, 4.69) is 0 Å². The first-order valence-electron chi connectivity index (χ1n) is 3.84. The van der Waals surface area contributed by atoms with Gasteiger partial charge in [-0.2, -0.15) is 0 Å². The molecule has 4 nitrogen and oxygen atoms in total. The molecule has 1 spiro atoms. The fraction of sp³-hybridized carbons (Fsp3) is 0.857. The quantitative estimate of drug-likeness (QED) is 0.558. The Morgan fingerprint density at radius 1 is 1.55 bits per heavy atom. The van der Waals surface area contributed by atoms with Gasteiger partial charge >= 0.3 is 6.09 Å². The Labute approximate surface area is 64.7 Å². The van der Waals surface area contributed by atoms with Gasteiger partial charge in [-0.15, -0.1) is 0 Å². The van der Waals surface area contributed by atoms with Crippen LogP contribution in [0.25, 0.3) is 0 Å². The topological polar surface area (TPSA) is 49.8 Å². The summed E-state index contributed by atoms with van der Waals surface area (Å²) in [6.45, 7) is 1.94. The zero-order valence-corrected chi connectivity index (χ0v) is 6.25. The fourth-order valence-corrected chi connectivity index (χ4v) is 1.79. The van der Waals surface area contributed by atoms with Crippen LogP contribution in [0.3, 0.4) is 0 Å². The maximum atomic E-state index is 10.4. The summed E-state index contributed by atoms with van der Waals surface area (Å²) in [4.78, 5) is 11.8. The minimum Gasteiger partial charge on any atom is -0.465 e. The molecular formula is C7H11NO3. The lowest BCUT2D eigenvalue weighted by Crippen LogP contribution is -2.62. The molecule has 2 saturated heterocycles. The Kier molecular flexibility index (Phi) is 1.32. The van der Waals surface area contributed by atoms with E-state index in [0.717, 1.165) is 19.4 Å². The maximum Gasteiger partial charge on any atom is 0.407 e. The standard InChI is InChI=1S/C7H11NO3/c9-6(10)8-4-7(5-8)2-1-3-11-7/h1-5H2,(H,9,10). The van der Waals surface area contributed by atoms with Gasteiger partial charge in [0, 0.05) is 6.61 Å². The van der Waals surface area contributed by atoms with Crippen molar-refractivity contribution in [2.45, 2.75) is 18.4 Å². The molecule has 11 heavy (non-hydrogen) atoms. The Morgan fingerprint density at radius 3 is 2.73 bits per heavy atom. The highest BCUT2D eigenvalue weighted by atomic mass is 16.5. The first-order chi connectivity index (χ1) is 5.22. The summed E-state index contributed by atoms with van der Waals surface area (Å²) in [6, 6.07) is 0. The van der Waals surface area contributed by atoms with Gasteiger partial charge in [0.15, 0.2) is 0 Å². The fourth-order valence-electron chi connectivity index (χ4n) is 1.79. The molecular weight excluding hydrogens is 146 g/mol. The highest BCUT2D eigenvalue weighted by Crippen LogP contribution is 2.34. The van der Waals surface area contributed by atoms with Gasteiger partial charge in [0.1, 0.15) is 5.60 Å². The van der Waals surface area contributed by atoms with Gasteiger partial charge in [0.2, 0.25) is 0 Å². The first-order valence-corrected chi connectivity index (χ1v) is 3.84. The summed E-state index contributed by atoms with van der Waals surface area (Å²) in [7, 11) is 0. The Bertz CT molecular complexity index is 178. The third-order valence-electron chi connectivity index (χ3n) is 2.41. The average molecular weight is 157 g/mol. The summed E-state index contributed by atoms with van der Waals surface area (Å²) >= 11 is 0. The van der Waals surface area contributed by atoms with Gasteiger partial charge < -0.3 is 14.7 Å². The Morgan fingerprint density at radius 2 is 2.27 bits per heavy atom. The normalized spacial score (nSPS) is 27.1. The van der Waals surface area contributed by atoms with Crippen molar-refractivity contribution in [3.63, 3.8) is 0 Å². The molecule has 0 bridgehead atoms. The largest absolute Gasteiger partial charge is 0.465 e. The summed E-state index contributed by atoms with van der Waals surface area (Å²) in [5.74, 6) is 0. The van der Waals surface area contributed by atoms with Gasteiger partial charge in [0.05, 0.1) is 13.1 Å². The molecule has 2 rings (SSSR count). The van der Waals surface area contributed by atoms with Crippen molar-refractivity contribution in [1.29, 1.82) is 0 Å². The highest BCUT2D eigenvalue weighted by molar-refractivity contribution is 5.66. The second-order valence-electron chi connectivity index (χ2n) is 3.27. The van der Waals surface area contributed by atoms with Crippen molar-refractivity contribution < 1.29 is 14.6 Å². The van der Waals surface area contributed by atoms with E-state index >= 15 is 0 Å². The van der Waals surface area contributed by atoms with E-state index in [0.29, 0.717) is 13.1 Å². The molecule has 0 aromatic rings. The van der Waals surface area contributed by atoms with Crippen molar-refractivity contribution in [3.8, 4) is 0 Å². The van der Waals surface area contributed by atoms with E-state index in [9.17, 15) is 4.79 Å². The molecule has 2 aliphatic heterocycles. The van der Waals surface area contributed by atoms with E-state index < -0.39 is 6.09 Å². The van der Waals surface area contributed by atoms with E-state index in [1.807, 2.05) is 0 Å². The summed E-state index contributed by atoms with van der Waals surface area (Å²) < 4.78 is 5.45. The first kappa shape index (κ1) is 6.91. The van der Waals surface area contributed by atoms with Gasteiger partial charge in [-0.25, -0.2) is 4.79 Å². The van der Waals surface area contributed by atoms with Crippen LogP contribution < -0.4 is 0 Å². The maximum absolute atomic E-state index is 10.4. The molecule has 0 radical (unpaired) electrons. The molecule has 0 saturated carbocycles. The monoisotopic (exact) mass is 157 g/mol. The number of carboxylic acid groups (broad SMARTS) is 1. The molecule has 4 heteroatoms. The number of hydrogen-bond acceptors (Lipinski definition) is 2. The van der Waals surface area contributed by atoms with E-state index in [4.69, 9.17) is 9.84 Å². The molecule has 1 N–H and O–H groups in total. The SMILES string of the molecule is O=C(O)N1CC2(CCCO2)C1. The van der Waals surface area contributed by atoms with Crippen molar-refractivity contribution >= 4 is 6.09 Å². The van der Waals surface area contributed by atoms with E-state index in [1.54, 1.807) is 0 Å². The number of nitrogens with zero attached hydrogens (tertiary/aromatic N) is 1. The molecule has 0 atom stereocenters. The summed E-state index contributed by atoms with van der Waals surface area (Å²) in [5.41, 5.74) is -0.0849. The van der Waals surface area contributed by atoms with Crippen LogP contribution in [-0.2, 0) is 4.74 Å². The molecule has 0 aromatic carbocycles. The zero-order valence-electron chi connectivity index (χ0n) is 6.25. The van der Waals surface area contributed by atoms with Crippen LogP contribution in [0.1, 0.15) is 12.8 Å². The highest BCUT2D eigenvalue weighted by Gasteiger charge is 2.48. The Hall–Kier alpha value is -0.770. The molecule has 1 amide bonds. The Balaban J connectivity index is 1.91. The number of hydrogen-bond donors (Lipinski definition) is 1. The van der Waals surface area contributed by atoms with Gasteiger partial charge in [-0.3, -0.25) is 0 Å². The van der Waals surface area contributed by atoms with Crippen molar-refractivity contribution in [1.82, 2.24) is 4.90 Å². The lowest BCUT2D eigenvalue weighted by molar-refractivity contribution is -0.0981. The molecule has 2 fully saturated rings. The minimum absolute atomic E-state index is 0.0849. The van der Waals surface area contributed by atoms with Crippen LogP contribution in [0.5, 0.6) is 0 Å². The van der Waals surface area contributed by atoms with Gasteiger partial charge in [0.25, 0.3) is 0 Å². The number of rotatable bonds is 0. The number of ether oxygens (including phenoxy) is 1. The molecule has 0 aromatic heterocycles. The molecule has 62 valence electrons. The molecule has 2 aliphatic rings. The number of carbonyl (C=O) groups is 1. The van der Waals surface area contributed by atoms with Gasteiger partial charge in [-0.1, -0.05) is 0 Å². The minimum atomic E-state index is -0.828. The zero-order chi connectivity index (χ0) is 7.90. The second kappa shape index (κ2) is 2.11. The lowest BCUT2D eigenvalue weighted by Gasteiger charge is -2.45. The summed E-state index contributed by atoms with van der Waals surface area (Å²) in [5, 5.41) is 8.55. The van der Waals surface area contributed by atoms with Crippen LogP contribution in [0.4, 0.5) is 4.79 Å². The van der Waals surface area contributed by atoms with E-state index in [-0.39, 0.29) is 5.60 Å². The van der Waals surface area contributed by atoms with Crippen LogP contribution in [0, 0.1) is 0 Å². The van der Waals surface area contributed by atoms with Crippen LogP contribution in [0.15, 0.2) is 0 Å². The predicted molar refractivity (Wildman–Crippen MR) is 37.5 cm³/mol. The van der Waals surface area contributed by atoms with Gasteiger partial charge in [-0.05, 0) is 12.8 Å². The van der Waals surface area contributed by atoms with Crippen molar-refractivity contribution in [2.75, 3.05) is 19.7 Å². The second-order valence-corrected chi connectivity index (χ2v) is 3.27. The molecule has 0 aliphatic carbocycles. The van der Waals surface area contributed by atoms with Crippen molar-refractivity contribution in [2.24, 2.45) is 0 Å². The summed E-state index contributed by atoms with van der Waals surface area (Å²) in [6.07, 6.45) is 1.27. The number of amides is 1. The molecule has 0 unspecified atom stereocenters. The lowest BCUT2D eigenvalue weighted by atomic mass is 9.91. The predicted octanol–water partition coefficient (Wildman–Crippen LogP) is 0.529. The third kappa shape index (κ3) is 0.976.